The van der Waals surface area contributed by atoms with Crippen LogP contribution in [-0.2, 0) is 0 Å². The predicted octanol–water partition coefficient (Wildman–Crippen LogP) is 2.93. The highest BCUT2D eigenvalue weighted by Gasteiger charge is 2.27. The molecule has 0 saturated heterocycles. The number of carbonyl (C=O) groups is 1. The molecule has 0 radical (unpaired) electrons. The number of carbonyl (C=O) groups excluding carboxylic acids is 1. The Kier molecular flexibility index (Phi) is 4.49. The van der Waals surface area contributed by atoms with E-state index in [1.165, 1.54) is 30.1 Å². The second-order valence-corrected chi connectivity index (χ2v) is 4.63. The average molecular weight is 295 g/mol. The quantitative estimate of drug-likeness (QED) is 0.641. The molecule has 2 aromatic carbocycles. The van der Waals surface area contributed by atoms with Gasteiger partial charge in [0.2, 0.25) is 0 Å². The van der Waals surface area contributed by atoms with Crippen molar-refractivity contribution in [2.45, 2.75) is 6.04 Å². The van der Waals surface area contributed by atoms with Gasteiger partial charge in [0.1, 0.15) is 11.6 Å². The third kappa shape index (κ3) is 2.94. The lowest BCUT2D eigenvalue weighted by Gasteiger charge is -2.23. The van der Waals surface area contributed by atoms with E-state index in [0.29, 0.717) is 5.56 Å². The molecule has 1 atom stereocenters. The smallest absolute Gasteiger partial charge is 0.282 e. The Morgan fingerprint density at radius 1 is 1.18 bits per heavy atom. The second-order valence-electron chi connectivity index (χ2n) is 4.63. The van der Waals surface area contributed by atoms with Gasteiger partial charge < -0.3 is 4.90 Å². The van der Waals surface area contributed by atoms with Gasteiger partial charge in [0, 0.05) is 13.1 Å². The molecule has 0 spiro atoms. The zero-order valence-electron chi connectivity index (χ0n) is 11.8. The van der Waals surface area contributed by atoms with Gasteiger partial charge in [0.15, 0.2) is 0 Å². The molecule has 2 aromatic rings. The number of hydrogen-bond acceptors (Lipinski definition) is 4. The molecule has 0 bridgehead atoms. The van der Waals surface area contributed by atoms with Crippen molar-refractivity contribution in [1.82, 2.24) is 4.90 Å². The monoisotopic (exact) mass is 295 g/mol. The standard InChI is InChI=1S/C16H13N3O3/c1-18(15(11-17)12-7-3-2-4-8-12)16(20)13-9-5-6-10-14(13)19(21)22/h2-10,15H,1H3. The van der Waals surface area contributed by atoms with Crippen LogP contribution in [0.25, 0.3) is 0 Å². The Hall–Kier alpha value is -3.20. The van der Waals surface area contributed by atoms with Gasteiger partial charge >= 0.3 is 0 Å². The fraction of sp³-hybridized carbons (Fsp3) is 0.125. The van der Waals surface area contributed by atoms with E-state index in [2.05, 4.69) is 6.07 Å². The number of amides is 1. The van der Waals surface area contributed by atoms with Crippen LogP contribution >= 0.6 is 0 Å². The van der Waals surface area contributed by atoms with Gasteiger partial charge in [0.25, 0.3) is 11.6 Å². The molecule has 0 aliphatic rings. The van der Waals surface area contributed by atoms with E-state index in [4.69, 9.17) is 0 Å². The third-order valence-electron chi connectivity index (χ3n) is 3.28. The summed E-state index contributed by atoms with van der Waals surface area (Å²) in [4.78, 5) is 24.1. The minimum atomic E-state index is -0.812. The number of hydrogen-bond donors (Lipinski definition) is 0. The van der Waals surface area contributed by atoms with Crippen LogP contribution in [0.5, 0.6) is 0 Å². The van der Waals surface area contributed by atoms with E-state index in [-0.39, 0.29) is 11.3 Å². The van der Waals surface area contributed by atoms with Gasteiger partial charge in [-0.3, -0.25) is 14.9 Å². The molecule has 22 heavy (non-hydrogen) atoms. The number of nitriles is 1. The van der Waals surface area contributed by atoms with Gasteiger partial charge in [-0.05, 0) is 11.6 Å². The minimum absolute atomic E-state index is 0.0359. The average Bonchev–Trinajstić information content (AvgIpc) is 2.55. The molecule has 0 aromatic heterocycles. The molecule has 0 aliphatic carbocycles. The fourth-order valence-electron chi connectivity index (χ4n) is 2.14. The van der Waals surface area contributed by atoms with Crippen molar-refractivity contribution in [2.24, 2.45) is 0 Å². The highest BCUT2D eigenvalue weighted by atomic mass is 16.6. The number of para-hydroxylation sites is 1. The minimum Gasteiger partial charge on any atom is -0.321 e. The third-order valence-corrected chi connectivity index (χ3v) is 3.28. The zero-order chi connectivity index (χ0) is 16.1. The number of nitro benzene ring substituents is 1. The normalized spacial score (nSPS) is 11.3. The highest BCUT2D eigenvalue weighted by molar-refractivity contribution is 5.98. The van der Waals surface area contributed by atoms with Crippen LogP contribution in [0.3, 0.4) is 0 Å². The molecule has 110 valence electrons. The summed E-state index contributed by atoms with van der Waals surface area (Å²) in [5.41, 5.74) is 0.342. The maximum absolute atomic E-state index is 12.5. The van der Waals surface area contributed by atoms with Crippen LogP contribution in [0.15, 0.2) is 54.6 Å². The summed E-state index contributed by atoms with van der Waals surface area (Å²) in [6, 6.07) is 15.8. The first-order valence-electron chi connectivity index (χ1n) is 6.51. The van der Waals surface area contributed by atoms with E-state index in [1.54, 1.807) is 30.3 Å². The van der Waals surface area contributed by atoms with E-state index in [0.717, 1.165) is 0 Å². The lowest BCUT2D eigenvalue weighted by molar-refractivity contribution is -0.385. The van der Waals surface area contributed by atoms with Crippen molar-refractivity contribution in [1.29, 1.82) is 5.26 Å². The topological polar surface area (TPSA) is 87.2 Å². The summed E-state index contributed by atoms with van der Waals surface area (Å²) in [6.45, 7) is 0. The van der Waals surface area contributed by atoms with Gasteiger partial charge in [-0.25, -0.2) is 0 Å². The number of nitro groups is 1. The molecule has 0 fully saturated rings. The fourth-order valence-corrected chi connectivity index (χ4v) is 2.14. The van der Waals surface area contributed by atoms with Crippen LogP contribution in [0.2, 0.25) is 0 Å². The molecule has 1 amide bonds. The first kappa shape index (κ1) is 15.2. The molecule has 2 rings (SSSR count). The Bertz CT molecular complexity index is 738. The molecule has 6 heteroatoms. The van der Waals surface area contributed by atoms with Crippen LogP contribution in [0.1, 0.15) is 22.0 Å². The molecule has 0 aliphatic heterocycles. The Labute approximate surface area is 127 Å². The summed E-state index contributed by atoms with van der Waals surface area (Å²) in [7, 11) is 1.46. The molecule has 0 saturated carbocycles. The van der Waals surface area contributed by atoms with Crippen LogP contribution in [0, 0.1) is 21.4 Å². The Morgan fingerprint density at radius 3 is 2.36 bits per heavy atom. The van der Waals surface area contributed by atoms with Gasteiger partial charge in [-0.15, -0.1) is 0 Å². The Morgan fingerprint density at radius 2 is 1.77 bits per heavy atom. The maximum Gasteiger partial charge on any atom is 0.282 e. The van der Waals surface area contributed by atoms with Crippen LogP contribution < -0.4 is 0 Å². The predicted molar refractivity (Wildman–Crippen MR) is 80.0 cm³/mol. The lowest BCUT2D eigenvalue weighted by atomic mass is 10.1. The summed E-state index contributed by atoms with van der Waals surface area (Å²) >= 11 is 0. The van der Waals surface area contributed by atoms with Gasteiger partial charge in [-0.2, -0.15) is 5.26 Å². The van der Waals surface area contributed by atoms with Crippen molar-refractivity contribution in [3.8, 4) is 6.07 Å². The Balaban J connectivity index is 2.37. The summed E-state index contributed by atoms with van der Waals surface area (Å²) in [5.74, 6) is -0.567. The highest BCUT2D eigenvalue weighted by Crippen LogP contribution is 2.24. The van der Waals surface area contributed by atoms with Gasteiger partial charge in [-0.1, -0.05) is 42.5 Å². The molecular formula is C16H13N3O3. The summed E-state index contributed by atoms with van der Waals surface area (Å²) in [6.07, 6.45) is 0. The zero-order valence-corrected chi connectivity index (χ0v) is 11.8. The van der Waals surface area contributed by atoms with E-state index < -0.39 is 16.9 Å². The number of nitrogens with zero attached hydrogens (tertiary/aromatic N) is 3. The van der Waals surface area contributed by atoms with Crippen molar-refractivity contribution in [2.75, 3.05) is 7.05 Å². The van der Waals surface area contributed by atoms with Crippen molar-refractivity contribution in [3.63, 3.8) is 0 Å². The van der Waals surface area contributed by atoms with Crippen LogP contribution in [-0.4, -0.2) is 22.8 Å². The summed E-state index contributed by atoms with van der Waals surface area (Å²) in [5, 5.41) is 20.4. The number of benzene rings is 2. The maximum atomic E-state index is 12.5. The molecule has 1 unspecified atom stereocenters. The van der Waals surface area contributed by atoms with Crippen molar-refractivity contribution < 1.29 is 9.72 Å². The SMILES string of the molecule is CN(C(=O)c1ccccc1[N+](=O)[O-])C(C#N)c1ccccc1. The van der Waals surface area contributed by atoms with Gasteiger partial charge in [0.05, 0.1) is 11.0 Å². The van der Waals surface area contributed by atoms with Crippen molar-refractivity contribution >= 4 is 11.6 Å². The van der Waals surface area contributed by atoms with E-state index in [1.807, 2.05) is 6.07 Å². The largest absolute Gasteiger partial charge is 0.321 e. The first-order valence-corrected chi connectivity index (χ1v) is 6.51. The summed E-state index contributed by atoms with van der Waals surface area (Å²) < 4.78 is 0. The van der Waals surface area contributed by atoms with Crippen molar-refractivity contribution in [3.05, 3.63) is 75.8 Å². The van der Waals surface area contributed by atoms with Crippen LogP contribution in [0.4, 0.5) is 5.69 Å². The molecule has 0 heterocycles. The van der Waals surface area contributed by atoms with E-state index in [9.17, 15) is 20.2 Å². The second kappa shape index (κ2) is 6.50. The van der Waals surface area contributed by atoms with E-state index >= 15 is 0 Å². The first-order chi connectivity index (χ1) is 10.6. The molecular weight excluding hydrogens is 282 g/mol. The molecule has 6 nitrogen and oxygen atoms in total. The lowest BCUT2D eigenvalue weighted by Crippen LogP contribution is -2.31. The molecule has 0 N–H and O–H groups in total. The number of rotatable bonds is 4.